The molecule has 13 N–H and O–H groups in total. The van der Waals surface area contributed by atoms with Crippen LogP contribution in [0.25, 0.3) is 21.7 Å². The number of benzene rings is 5. The largest absolute Gasteiger partial charge is 0.479 e. The van der Waals surface area contributed by atoms with E-state index in [4.69, 9.17) is 31.5 Å². The molecule has 3 aliphatic rings. The number of rotatable bonds is 31. The van der Waals surface area contributed by atoms with E-state index in [1.807, 2.05) is 6.07 Å². The number of carboxylic acids is 1. The second-order valence-corrected chi connectivity index (χ2v) is 27.6. The topological polar surface area (TPSA) is 400 Å². The summed E-state index contributed by atoms with van der Waals surface area (Å²) in [6, 6.07) is 25.6. The molecule has 0 saturated carbocycles. The molecule has 100 heavy (non-hydrogen) atoms. The number of aliphatic hydroxyl groups is 3. The highest BCUT2D eigenvalue weighted by Crippen LogP contribution is 2.47. The van der Waals surface area contributed by atoms with Crippen LogP contribution in [-0.4, -0.2) is 169 Å². The number of H-pyrrole nitrogens is 1. The lowest BCUT2D eigenvalue weighted by atomic mass is 9.95. The number of halogens is 1. The third-order valence-electron chi connectivity index (χ3n) is 18.1. The van der Waals surface area contributed by atoms with Gasteiger partial charge in [0.1, 0.15) is 42.4 Å². The van der Waals surface area contributed by atoms with E-state index in [0.717, 1.165) is 12.0 Å². The van der Waals surface area contributed by atoms with Crippen LogP contribution in [0.15, 0.2) is 103 Å². The average Bonchev–Trinajstić information content (AvgIpc) is 1.31. The van der Waals surface area contributed by atoms with Gasteiger partial charge in [-0.3, -0.25) is 43.8 Å². The van der Waals surface area contributed by atoms with Gasteiger partial charge in [-0.15, -0.1) is 23.4 Å². The van der Waals surface area contributed by atoms with E-state index < -0.39 is 84.5 Å². The molecule has 6 aromatic rings. The van der Waals surface area contributed by atoms with Gasteiger partial charge in [-0.2, -0.15) is 0 Å². The van der Waals surface area contributed by atoms with Crippen LogP contribution in [0.2, 0.25) is 0 Å². The molecular weight excluding hydrogens is 1330 g/mol. The van der Waals surface area contributed by atoms with Crippen molar-refractivity contribution in [2.45, 2.75) is 158 Å². The van der Waals surface area contributed by atoms with Crippen molar-refractivity contribution < 1.29 is 82.6 Å². The third-order valence-corrected chi connectivity index (χ3v) is 20.1. The Labute approximate surface area is 586 Å². The van der Waals surface area contributed by atoms with Crippen LogP contribution in [0.3, 0.4) is 0 Å². The number of urea groups is 1. The number of primary amides is 1. The average molecular weight is 1420 g/mol. The summed E-state index contributed by atoms with van der Waals surface area (Å²) in [4.78, 5) is 136. The number of aliphatic hydroxyl groups excluding tert-OH is 3. The molecule has 11 atom stereocenters. The summed E-state index contributed by atoms with van der Waals surface area (Å²) >= 11 is 8.08. The van der Waals surface area contributed by atoms with Crippen molar-refractivity contribution in [1.82, 2.24) is 25.8 Å². The standard InChI is InChI=1S/C71H85ClN10O17S/c1-6-38(4)39(5)100-54-33-57(85)81(67(54)92)28-11-7-8-16-55(83)80-59(37(2)3)65(90)77-46(13-12-27-74-70(73)95)31-56(84)75-44-21-17-40(18-22-44)36-97-71(96)78-45-23-19-41(20-24-45)64(89)76-47-25-26-50-42(29-47)30-51(79-50)66(91)82-35-43(34-72)58-49-15-10-9-14-48(49)53(32-52(58)82)98-69-62(88)60(86)61(87)63(99-69)68(93)94/h9-10,14-15,17-26,29-30,32,37-39,43,46,54,59-63,69,79,86-88H,6-8,11-13,16,27-28,31,33-36H2,1-5H3,(H,75,84)(H,76,89)(H,77,90)(H,78,96)(H,80,83)(H,93,94)(H3,73,74,95)/t38?,39?,43-,46?,54?,59-,60?,61+,62-,63?,69+/m0/s1. The van der Waals surface area contributed by atoms with Gasteiger partial charge >= 0.3 is 18.1 Å². The Morgan fingerprint density at radius 1 is 0.790 bits per heavy atom. The number of ether oxygens (including phenoxy) is 3. The van der Waals surface area contributed by atoms with E-state index in [1.165, 1.54) is 34.1 Å². The molecular formula is C71H85ClN10O17S. The number of carboxylic acid groups (broad SMARTS) is 1. The first kappa shape index (κ1) is 74.9. The van der Waals surface area contributed by atoms with Gasteiger partial charge in [0.25, 0.3) is 11.8 Å². The number of nitrogens with zero attached hydrogens (tertiary/aromatic N) is 2. The van der Waals surface area contributed by atoms with E-state index in [9.17, 15) is 68.4 Å². The maximum Gasteiger partial charge on any atom is 0.411 e. The number of unbranched alkanes of at least 4 members (excludes halogenated alkanes) is 2. The molecule has 6 unspecified atom stereocenters. The third kappa shape index (κ3) is 18.8. The van der Waals surface area contributed by atoms with Gasteiger partial charge in [-0.25, -0.2) is 14.4 Å². The molecule has 10 amide bonds. The summed E-state index contributed by atoms with van der Waals surface area (Å²) in [5, 5.41) is 59.4. The summed E-state index contributed by atoms with van der Waals surface area (Å²) in [7, 11) is 0. The second-order valence-electron chi connectivity index (χ2n) is 25.7. The second kappa shape index (κ2) is 34.2. The van der Waals surface area contributed by atoms with Crippen molar-refractivity contribution in [3.05, 3.63) is 126 Å². The number of hydrogen-bond acceptors (Lipinski definition) is 17. The number of amides is 10. The van der Waals surface area contributed by atoms with E-state index in [1.54, 1.807) is 98.4 Å². The Morgan fingerprint density at radius 2 is 1.49 bits per heavy atom. The lowest BCUT2D eigenvalue weighted by Crippen LogP contribution is -2.61. The molecule has 4 heterocycles. The summed E-state index contributed by atoms with van der Waals surface area (Å²) in [5.74, 6) is -4.04. The van der Waals surface area contributed by atoms with E-state index >= 15 is 0 Å². The van der Waals surface area contributed by atoms with Gasteiger partial charge in [0.2, 0.25) is 35.8 Å². The fourth-order valence-corrected chi connectivity index (χ4v) is 13.9. The van der Waals surface area contributed by atoms with Crippen LogP contribution in [0.5, 0.6) is 5.75 Å². The van der Waals surface area contributed by atoms with Crippen LogP contribution in [0, 0.1) is 11.8 Å². The van der Waals surface area contributed by atoms with Crippen molar-refractivity contribution >= 4 is 127 Å². The number of aliphatic carboxylic acids is 1. The Morgan fingerprint density at radius 3 is 2.18 bits per heavy atom. The Hall–Kier alpha value is -9.32. The predicted molar refractivity (Wildman–Crippen MR) is 376 cm³/mol. The minimum absolute atomic E-state index is 0.101. The molecule has 27 nitrogen and oxygen atoms in total. The van der Waals surface area contributed by atoms with Crippen LogP contribution in [0.4, 0.5) is 32.3 Å². The summed E-state index contributed by atoms with van der Waals surface area (Å²) < 4.78 is 16.9. The number of aromatic amines is 1. The number of fused-ring (bicyclic) bond motifs is 4. The predicted octanol–water partition coefficient (Wildman–Crippen LogP) is 7.83. The summed E-state index contributed by atoms with van der Waals surface area (Å²) in [5.41, 5.74) is 9.24. The van der Waals surface area contributed by atoms with Crippen molar-refractivity contribution in [2.24, 2.45) is 17.6 Å². The molecule has 534 valence electrons. The number of anilines is 4. The molecule has 5 aromatic carbocycles. The van der Waals surface area contributed by atoms with Crippen LogP contribution >= 0.6 is 23.4 Å². The normalized spacial score (nSPS) is 20.1. The zero-order valence-corrected chi connectivity index (χ0v) is 57.6. The van der Waals surface area contributed by atoms with Crippen molar-refractivity contribution in [3.8, 4) is 5.75 Å². The Balaban J connectivity index is 0.725. The zero-order chi connectivity index (χ0) is 72.1. The van der Waals surface area contributed by atoms with Gasteiger partial charge in [0.05, 0.1) is 10.9 Å². The number of nitrogens with two attached hydrogens (primary N) is 1. The van der Waals surface area contributed by atoms with E-state index in [-0.39, 0.29) is 115 Å². The number of likely N-dealkylation sites (tertiary alicyclic amines) is 1. The highest BCUT2D eigenvalue weighted by atomic mass is 35.5. The highest BCUT2D eigenvalue weighted by molar-refractivity contribution is 8.01. The quantitative estimate of drug-likeness (QED) is 0.0112. The van der Waals surface area contributed by atoms with Crippen LogP contribution in [-0.2, 0) is 44.8 Å². The molecule has 0 radical (unpaired) electrons. The van der Waals surface area contributed by atoms with Crippen molar-refractivity contribution in [1.29, 1.82) is 0 Å². The highest BCUT2D eigenvalue weighted by Gasteiger charge is 2.49. The molecule has 1 aromatic heterocycles. The maximum atomic E-state index is 14.5. The molecule has 2 fully saturated rings. The molecule has 0 aliphatic carbocycles. The van der Waals surface area contributed by atoms with Gasteiger partial charge < -0.3 is 76.8 Å². The molecule has 2 saturated heterocycles. The number of carbonyl (C=O) groups is 10. The van der Waals surface area contributed by atoms with Gasteiger partial charge in [-0.1, -0.05) is 83.9 Å². The number of carbonyl (C=O) groups excluding carboxylic acids is 9. The Kier molecular flexibility index (Phi) is 25.6. The SMILES string of the molecule is CCC(C)C(C)SC1CC(=O)N(CCCCCC(=O)N[C@H](C(=O)NC(CCCNC(N)=O)CC(=O)Nc2ccc(COC(=O)Nc3ccc(C(=O)Nc4ccc5[nH]c(C(=O)N6C[C@H](CCl)c7c6cc(O[C@@H]6OC(C(=O)O)[C@H](O)C(O)[C@@H]6O)c6ccccc76)cc5c4)cc3)cc2)C(C)C)C1=O. The smallest absolute Gasteiger partial charge is 0.411 e. The van der Waals surface area contributed by atoms with Crippen LogP contribution in [0.1, 0.15) is 130 Å². The lowest BCUT2D eigenvalue weighted by Gasteiger charge is -2.38. The van der Waals surface area contributed by atoms with Crippen LogP contribution < -0.4 is 47.3 Å². The zero-order valence-electron chi connectivity index (χ0n) is 56.0. The lowest BCUT2D eigenvalue weighted by molar-refractivity contribution is -0.270. The number of thioether (sulfide) groups is 1. The first-order valence-electron chi connectivity index (χ1n) is 33.3. The fraction of sp³-hybridized carbons (Fsp3) is 0.437. The minimum atomic E-state index is -1.93. The van der Waals surface area contributed by atoms with Gasteiger partial charge in [0.15, 0.2) is 6.10 Å². The molecule has 29 heteroatoms. The monoisotopic (exact) mass is 1420 g/mol. The Bertz CT molecular complexity index is 3990. The maximum absolute atomic E-state index is 14.5. The van der Waals surface area contributed by atoms with E-state index in [2.05, 4.69) is 57.7 Å². The molecule has 0 spiro atoms. The van der Waals surface area contributed by atoms with Crippen molar-refractivity contribution in [3.63, 3.8) is 0 Å². The number of alkyl halides is 1. The number of hydrogen-bond donors (Lipinski definition) is 12. The first-order chi connectivity index (χ1) is 47.8. The van der Waals surface area contributed by atoms with Gasteiger partial charge in [0, 0.05) is 107 Å². The number of aromatic nitrogens is 1. The van der Waals surface area contributed by atoms with E-state index in [0.29, 0.717) is 81.6 Å². The molecule has 3 aliphatic heterocycles. The number of nitrogens with one attached hydrogen (secondary N) is 7. The van der Waals surface area contributed by atoms with Crippen molar-refractivity contribution in [2.75, 3.05) is 46.4 Å². The van der Waals surface area contributed by atoms with Gasteiger partial charge in [-0.05, 0) is 115 Å². The summed E-state index contributed by atoms with van der Waals surface area (Å²) in [6.07, 6.45) is -6.66. The molecule has 0 bridgehead atoms. The molecule has 9 rings (SSSR count). The number of imide groups is 1. The fourth-order valence-electron chi connectivity index (χ4n) is 12.2. The summed E-state index contributed by atoms with van der Waals surface area (Å²) in [6.45, 7) is 10.4. The minimum Gasteiger partial charge on any atom is -0.479 e. The first-order valence-corrected chi connectivity index (χ1v) is 34.8.